The van der Waals surface area contributed by atoms with Crippen LogP contribution >= 0.6 is 27.7 Å². The molecule has 1 rings (SSSR count). The summed E-state index contributed by atoms with van der Waals surface area (Å²) < 4.78 is 0. The monoisotopic (exact) mass is 265 g/mol. The van der Waals surface area contributed by atoms with Crippen LogP contribution < -0.4 is 0 Å². The van der Waals surface area contributed by atoms with E-state index in [1.807, 2.05) is 16.7 Å². The summed E-state index contributed by atoms with van der Waals surface area (Å²) in [5.41, 5.74) is 0. The van der Waals surface area contributed by atoms with Crippen molar-refractivity contribution in [3.05, 3.63) is 0 Å². The summed E-state index contributed by atoms with van der Waals surface area (Å²) >= 11 is 5.28. The maximum atomic E-state index is 11.6. The molecule has 13 heavy (non-hydrogen) atoms. The van der Waals surface area contributed by atoms with Crippen LogP contribution in [-0.4, -0.2) is 39.7 Å². The molecule has 0 aliphatic carbocycles. The van der Waals surface area contributed by atoms with E-state index in [4.69, 9.17) is 0 Å². The van der Waals surface area contributed by atoms with Crippen LogP contribution in [0.15, 0.2) is 0 Å². The van der Waals surface area contributed by atoms with Crippen molar-refractivity contribution < 1.29 is 4.79 Å². The van der Waals surface area contributed by atoms with Gasteiger partial charge in [0.1, 0.15) is 0 Å². The number of hydrogen-bond acceptors (Lipinski definition) is 2. The minimum absolute atomic E-state index is 0.0709. The molecule has 0 radical (unpaired) electrons. The van der Waals surface area contributed by atoms with Crippen molar-refractivity contribution in [2.24, 2.45) is 0 Å². The Labute approximate surface area is 92.6 Å². The first kappa shape index (κ1) is 11.4. The van der Waals surface area contributed by atoms with Gasteiger partial charge in [0.15, 0.2) is 0 Å². The van der Waals surface area contributed by atoms with Crippen LogP contribution in [0.1, 0.15) is 20.3 Å². The Kier molecular flexibility index (Phi) is 4.59. The molecule has 1 heterocycles. The number of rotatable bonds is 4. The van der Waals surface area contributed by atoms with Gasteiger partial charge in [-0.2, -0.15) is 11.8 Å². The molecule has 1 aliphatic heterocycles. The zero-order valence-electron chi connectivity index (χ0n) is 8.12. The van der Waals surface area contributed by atoms with Crippen molar-refractivity contribution in [2.45, 2.75) is 31.1 Å². The van der Waals surface area contributed by atoms with Crippen LogP contribution in [0.2, 0.25) is 0 Å². The van der Waals surface area contributed by atoms with E-state index in [1.54, 1.807) is 0 Å². The summed E-state index contributed by atoms with van der Waals surface area (Å²) in [5.74, 6) is 2.45. The molecule has 76 valence electrons. The minimum Gasteiger partial charge on any atom is -0.338 e. The predicted molar refractivity (Wildman–Crippen MR) is 61.5 cm³/mol. The van der Waals surface area contributed by atoms with Gasteiger partial charge < -0.3 is 4.90 Å². The molecule has 0 aromatic carbocycles. The smallest absolute Gasteiger partial charge is 0.236 e. The SMILES string of the molecule is CCSCC(C)N1CCC(Br)C1=O. The Morgan fingerprint density at radius 2 is 2.46 bits per heavy atom. The lowest BCUT2D eigenvalue weighted by atomic mass is 10.3. The molecular weight excluding hydrogens is 250 g/mol. The standard InChI is InChI=1S/C9H16BrNOS/c1-3-13-6-7(2)11-5-4-8(10)9(11)12/h7-8H,3-6H2,1-2H3. The fraction of sp³-hybridized carbons (Fsp3) is 0.889. The fourth-order valence-electron chi connectivity index (χ4n) is 1.48. The lowest BCUT2D eigenvalue weighted by Gasteiger charge is -2.23. The van der Waals surface area contributed by atoms with E-state index in [9.17, 15) is 4.79 Å². The summed E-state index contributed by atoms with van der Waals surface area (Å²) in [6.45, 7) is 5.20. The van der Waals surface area contributed by atoms with E-state index < -0.39 is 0 Å². The van der Waals surface area contributed by atoms with Crippen molar-refractivity contribution in [3.8, 4) is 0 Å². The number of halogens is 1. The van der Waals surface area contributed by atoms with Gasteiger partial charge in [-0.15, -0.1) is 0 Å². The number of thioether (sulfide) groups is 1. The molecule has 2 atom stereocenters. The van der Waals surface area contributed by atoms with Gasteiger partial charge in [0.05, 0.1) is 4.83 Å². The topological polar surface area (TPSA) is 20.3 Å². The highest BCUT2D eigenvalue weighted by Gasteiger charge is 2.32. The van der Waals surface area contributed by atoms with E-state index in [0.717, 1.165) is 24.5 Å². The second-order valence-corrected chi connectivity index (χ2v) is 5.72. The second kappa shape index (κ2) is 5.25. The number of likely N-dealkylation sites (tertiary alicyclic amines) is 1. The Hall–Kier alpha value is 0.300. The molecular formula is C9H16BrNOS. The minimum atomic E-state index is 0.0709. The van der Waals surface area contributed by atoms with Gasteiger partial charge in [0.25, 0.3) is 0 Å². The number of nitrogens with zero attached hydrogens (tertiary/aromatic N) is 1. The first-order valence-corrected chi connectivity index (χ1v) is 6.76. The molecule has 0 N–H and O–H groups in total. The maximum Gasteiger partial charge on any atom is 0.236 e. The first-order valence-electron chi connectivity index (χ1n) is 4.69. The Morgan fingerprint density at radius 3 is 2.92 bits per heavy atom. The first-order chi connectivity index (χ1) is 6.16. The molecule has 4 heteroatoms. The van der Waals surface area contributed by atoms with Crippen LogP contribution in [-0.2, 0) is 4.79 Å². The zero-order chi connectivity index (χ0) is 9.84. The van der Waals surface area contributed by atoms with Gasteiger partial charge in [-0.05, 0) is 19.1 Å². The van der Waals surface area contributed by atoms with Gasteiger partial charge in [0, 0.05) is 18.3 Å². The molecule has 2 nitrogen and oxygen atoms in total. The number of amides is 1. The van der Waals surface area contributed by atoms with Crippen LogP contribution in [0.5, 0.6) is 0 Å². The molecule has 1 fully saturated rings. The highest BCUT2D eigenvalue weighted by Crippen LogP contribution is 2.21. The fourth-order valence-corrected chi connectivity index (χ4v) is 2.71. The average Bonchev–Trinajstić information content (AvgIpc) is 2.44. The van der Waals surface area contributed by atoms with Crippen LogP contribution in [0.3, 0.4) is 0 Å². The summed E-state index contributed by atoms with van der Waals surface area (Å²) in [7, 11) is 0. The van der Waals surface area contributed by atoms with Crippen molar-refractivity contribution in [1.29, 1.82) is 0 Å². The normalized spacial score (nSPS) is 25.3. The highest BCUT2D eigenvalue weighted by molar-refractivity contribution is 9.10. The summed E-state index contributed by atoms with van der Waals surface area (Å²) in [6, 6.07) is 0.389. The third kappa shape index (κ3) is 2.88. The summed E-state index contributed by atoms with van der Waals surface area (Å²) in [5, 5.41) is 0. The van der Waals surface area contributed by atoms with E-state index in [2.05, 4.69) is 29.8 Å². The van der Waals surface area contributed by atoms with Crippen molar-refractivity contribution in [2.75, 3.05) is 18.1 Å². The maximum absolute atomic E-state index is 11.6. The number of alkyl halides is 1. The van der Waals surface area contributed by atoms with Gasteiger partial charge in [-0.3, -0.25) is 4.79 Å². The molecule has 1 saturated heterocycles. The van der Waals surface area contributed by atoms with E-state index in [0.29, 0.717) is 6.04 Å². The third-order valence-electron chi connectivity index (χ3n) is 2.27. The average molecular weight is 266 g/mol. The van der Waals surface area contributed by atoms with Gasteiger partial charge in [-0.1, -0.05) is 22.9 Å². The Balaban J connectivity index is 2.39. The van der Waals surface area contributed by atoms with E-state index in [1.165, 1.54) is 0 Å². The van der Waals surface area contributed by atoms with E-state index >= 15 is 0 Å². The largest absolute Gasteiger partial charge is 0.338 e. The van der Waals surface area contributed by atoms with E-state index in [-0.39, 0.29) is 10.7 Å². The summed E-state index contributed by atoms with van der Waals surface area (Å²) in [4.78, 5) is 13.6. The van der Waals surface area contributed by atoms with Crippen molar-refractivity contribution in [3.63, 3.8) is 0 Å². The van der Waals surface area contributed by atoms with Crippen LogP contribution in [0, 0.1) is 0 Å². The highest BCUT2D eigenvalue weighted by atomic mass is 79.9. The van der Waals surface area contributed by atoms with Gasteiger partial charge in [0.2, 0.25) is 5.91 Å². The molecule has 1 aliphatic rings. The molecule has 0 saturated carbocycles. The van der Waals surface area contributed by atoms with Crippen molar-refractivity contribution in [1.82, 2.24) is 4.90 Å². The number of carbonyl (C=O) groups excluding carboxylic acids is 1. The quantitative estimate of drug-likeness (QED) is 0.726. The van der Waals surface area contributed by atoms with Gasteiger partial charge in [-0.25, -0.2) is 0 Å². The second-order valence-electron chi connectivity index (χ2n) is 3.30. The molecule has 0 aromatic heterocycles. The third-order valence-corrected chi connectivity index (χ3v) is 4.25. The van der Waals surface area contributed by atoms with Crippen molar-refractivity contribution >= 4 is 33.6 Å². The molecule has 1 amide bonds. The molecule has 0 spiro atoms. The number of hydrogen-bond donors (Lipinski definition) is 0. The molecule has 0 bridgehead atoms. The Morgan fingerprint density at radius 1 is 1.77 bits per heavy atom. The molecule has 0 aromatic rings. The molecule has 2 unspecified atom stereocenters. The lowest BCUT2D eigenvalue weighted by Crippen LogP contribution is -2.37. The van der Waals surface area contributed by atoms with Crippen LogP contribution in [0.4, 0.5) is 0 Å². The van der Waals surface area contributed by atoms with Crippen LogP contribution in [0.25, 0.3) is 0 Å². The zero-order valence-corrected chi connectivity index (χ0v) is 10.5. The lowest BCUT2D eigenvalue weighted by molar-refractivity contribution is -0.128. The Bertz CT molecular complexity index is 188. The predicted octanol–water partition coefficient (Wildman–Crippen LogP) is 2.12. The summed E-state index contributed by atoms with van der Waals surface area (Å²) in [6.07, 6.45) is 0.958. The number of carbonyl (C=O) groups is 1. The van der Waals surface area contributed by atoms with Gasteiger partial charge >= 0.3 is 0 Å².